The molecule has 4 nitrogen and oxygen atoms in total. The predicted octanol–water partition coefficient (Wildman–Crippen LogP) is 3.45. The van der Waals surface area contributed by atoms with Crippen LogP contribution in [0.25, 0.3) is 11.5 Å². The van der Waals surface area contributed by atoms with E-state index in [1.807, 2.05) is 48.5 Å². The van der Waals surface area contributed by atoms with Crippen LogP contribution in [0.5, 0.6) is 0 Å². The summed E-state index contributed by atoms with van der Waals surface area (Å²) >= 11 is 0. The largest absolute Gasteiger partial charge is 0.419 e. The maximum absolute atomic E-state index is 5.62. The van der Waals surface area contributed by atoms with Crippen LogP contribution in [-0.4, -0.2) is 10.2 Å². The summed E-state index contributed by atoms with van der Waals surface area (Å²) in [6, 6.07) is 20.0. The highest BCUT2D eigenvalue weighted by atomic mass is 35.5. The van der Waals surface area contributed by atoms with Crippen LogP contribution in [-0.2, 0) is 13.1 Å². The molecule has 0 bridgehead atoms. The second-order valence-corrected chi connectivity index (χ2v) is 4.46. The van der Waals surface area contributed by atoms with Crippen molar-refractivity contribution in [2.24, 2.45) is 0 Å². The van der Waals surface area contributed by atoms with E-state index >= 15 is 0 Å². The maximum Gasteiger partial charge on any atom is 0.247 e. The highest BCUT2D eigenvalue weighted by Crippen LogP contribution is 2.16. The van der Waals surface area contributed by atoms with E-state index in [2.05, 4.69) is 27.6 Å². The van der Waals surface area contributed by atoms with Crippen LogP contribution in [0, 0.1) is 0 Å². The maximum atomic E-state index is 5.62. The van der Waals surface area contributed by atoms with Gasteiger partial charge in [-0.05, 0) is 17.7 Å². The van der Waals surface area contributed by atoms with Crippen LogP contribution in [0.2, 0.25) is 0 Å². The van der Waals surface area contributed by atoms with E-state index in [9.17, 15) is 0 Å². The average molecular weight is 302 g/mol. The van der Waals surface area contributed by atoms with Crippen molar-refractivity contribution in [3.63, 3.8) is 0 Å². The minimum atomic E-state index is 0. The summed E-state index contributed by atoms with van der Waals surface area (Å²) in [5, 5.41) is 11.4. The van der Waals surface area contributed by atoms with E-state index in [1.165, 1.54) is 5.56 Å². The second kappa shape index (κ2) is 7.57. The van der Waals surface area contributed by atoms with Crippen molar-refractivity contribution in [1.82, 2.24) is 15.5 Å². The van der Waals surface area contributed by atoms with Gasteiger partial charge in [0.25, 0.3) is 0 Å². The number of nitrogens with one attached hydrogen (secondary N) is 1. The number of aromatic nitrogens is 2. The topological polar surface area (TPSA) is 51.0 Å². The molecule has 0 radical (unpaired) electrons. The van der Waals surface area contributed by atoms with Gasteiger partial charge in [-0.25, -0.2) is 0 Å². The van der Waals surface area contributed by atoms with Gasteiger partial charge in [-0.1, -0.05) is 48.5 Å². The normalized spacial score (nSPS) is 10.1. The fraction of sp³-hybridized carbons (Fsp3) is 0.125. The molecule has 0 aliphatic carbocycles. The average Bonchev–Trinajstić information content (AvgIpc) is 2.98. The molecular formula is C16H16ClN3O. The highest BCUT2D eigenvalue weighted by molar-refractivity contribution is 5.85. The van der Waals surface area contributed by atoms with Crippen molar-refractivity contribution >= 4 is 12.4 Å². The molecule has 0 saturated carbocycles. The summed E-state index contributed by atoms with van der Waals surface area (Å²) in [4.78, 5) is 0. The number of halogens is 1. The fourth-order valence-electron chi connectivity index (χ4n) is 1.93. The summed E-state index contributed by atoms with van der Waals surface area (Å²) in [7, 11) is 0. The predicted molar refractivity (Wildman–Crippen MR) is 84.0 cm³/mol. The van der Waals surface area contributed by atoms with Gasteiger partial charge >= 0.3 is 0 Å². The zero-order valence-electron chi connectivity index (χ0n) is 11.4. The lowest BCUT2D eigenvalue weighted by Gasteiger charge is -2.01. The highest BCUT2D eigenvalue weighted by Gasteiger charge is 2.07. The van der Waals surface area contributed by atoms with Crippen LogP contribution < -0.4 is 5.32 Å². The summed E-state index contributed by atoms with van der Waals surface area (Å²) in [5.41, 5.74) is 2.17. The molecule has 0 spiro atoms. The van der Waals surface area contributed by atoms with Gasteiger partial charge in [0.1, 0.15) is 0 Å². The molecule has 108 valence electrons. The number of rotatable bonds is 5. The van der Waals surface area contributed by atoms with Crippen molar-refractivity contribution in [2.75, 3.05) is 0 Å². The van der Waals surface area contributed by atoms with Gasteiger partial charge in [-0.15, -0.1) is 22.6 Å². The standard InChI is InChI=1S/C16H15N3O.ClH/c1-3-7-13(8-4-1)11-17-12-15-18-19-16(20-15)14-9-5-2-6-10-14;/h1-10,17H,11-12H2;1H. The summed E-state index contributed by atoms with van der Waals surface area (Å²) in [6.07, 6.45) is 0. The van der Waals surface area contributed by atoms with Gasteiger partial charge in [0.05, 0.1) is 6.54 Å². The Morgan fingerprint density at radius 1 is 0.810 bits per heavy atom. The van der Waals surface area contributed by atoms with E-state index in [0.29, 0.717) is 18.3 Å². The van der Waals surface area contributed by atoms with E-state index in [-0.39, 0.29) is 12.4 Å². The molecule has 2 aromatic carbocycles. The third kappa shape index (κ3) is 4.15. The lowest BCUT2D eigenvalue weighted by molar-refractivity contribution is 0.477. The van der Waals surface area contributed by atoms with Crippen LogP contribution in [0.3, 0.4) is 0 Å². The summed E-state index contributed by atoms with van der Waals surface area (Å²) in [6.45, 7) is 1.35. The number of hydrogen-bond donors (Lipinski definition) is 1. The third-order valence-electron chi connectivity index (χ3n) is 2.94. The van der Waals surface area contributed by atoms with Crippen LogP contribution >= 0.6 is 12.4 Å². The molecule has 0 unspecified atom stereocenters. The first-order valence-electron chi connectivity index (χ1n) is 6.54. The SMILES string of the molecule is Cl.c1ccc(CNCc2nnc(-c3ccccc3)o2)cc1. The molecule has 21 heavy (non-hydrogen) atoms. The molecule has 5 heteroatoms. The number of benzene rings is 2. The molecule has 1 heterocycles. The quantitative estimate of drug-likeness (QED) is 0.784. The van der Waals surface area contributed by atoms with Crippen molar-refractivity contribution in [3.05, 3.63) is 72.1 Å². The first-order valence-corrected chi connectivity index (χ1v) is 6.54. The van der Waals surface area contributed by atoms with Crippen LogP contribution in [0.1, 0.15) is 11.5 Å². The van der Waals surface area contributed by atoms with Crippen LogP contribution in [0.15, 0.2) is 65.1 Å². The Morgan fingerprint density at radius 3 is 2.19 bits per heavy atom. The molecule has 0 aliphatic heterocycles. The lowest BCUT2D eigenvalue weighted by atomic mass is 10.2. The first-order chi connectivity index (χ1) is 9.92. The Kier molecular flexibility index (Phi) is 5.49. The summed E-state index contributed by atoms with van der Waals surface area (Å²) < 4.78 is 5.62. The molecule has 1 aromatic heterocycles. The first kappa shape index (κ1) is 15.2. The Morgan fingerprint density at radius 2 is 1.48 bits per heavy atom. The van der Waals surface area contributed by atoms with Crippen molar-refractivity contribution in [2.45, 2.75) is 13.1 Å². The Bertz CT molecular complexity index is 656. The van der Waals surface area contributed by atoms with Gasteiger partial charge in [-0.3, -0.25) is 0 Å². The molecular weight excluding hydrogens is 286 g/mol. The third-order valence-corrected chi connectivity index (χ3v) is 2.94. The van der Waals surface area contributed by atoms with Gasteiger partial charge in [0.2, 0.25) is 11.8 Å². The molecule has 0 aliphatic rings. The second-order valence-electron chi connectivity index (χ2n) is 4.46. The summed E-state index contributed by atoms with van der Waals surface area (Å²) in [5.74, 6) is 1.15. The van der Waals surface area contributed by atoms with E-state index in [0.717, 1.165) is 12.1 Å². The zero-order chi connectivity index (χ0) is 13.6. The Hall–Kier alpha value is -2.17. The molecule has 1 N–H and O–H groups in total. The smallest absolute Gasteiger partial charge is 0.247 e. The monoisotopic (exact) mass is 301 g/mol. The van der Waals surface area contributed by atoms with Gasteiger partial charge < -0.3 is 9.73 Å². The van der Waals surface area contributed by atoms with E-state index in [4.69, 9.17) is 4.42 Å². The Labute approximate surface area is 129 Å². The molecule has 0 atom stereocenters. The van der Waals surface area contributed by atoms with Crippen molar-refractivity contribution < 1.29 is 4.42 Å². The minimum absolute atomic E-state index is 0. The van der Waals surface area contributed by atoms with Gasteiger partial charge in [0, 0.05) is 12.1 Å². The minimum Gasteiger partial charge on any atom is -0.419 e. The number of hydrogen-bond acceptors (Lipinski definition) is 4. The molecule has 3 aromatic rings. The molecule has 3 rings (SSSR count). The van der Waals surface area contributed by atoms with Crippen molar-refractivity contribution in [1.29, 1.82) is 0 Å². The molecule has 0 fully saturated rings. The fourth-order valence-corrected chi connectivity index (χ4v) is 1.93. The lowest BCUT2D eigenvalue weighted by Crippen LogP contribution is -2.12. The van der Waals surface area contributed by atoms with Crippen molar-refractivity contribution in [3.8, 4) is 11.5 Å². The molecule has 0 amide bonds. The van der Waals surface area contributed by atoms with Gasteiger partial charge in [0.15, 0.2) is 0 Å². The van der Waals surface area contributed by atoms with Crippen LogP contribution in [0.4, 0.5) is 0 Å². The van der Waals surface area contributed by atoms with E-state index < -0.39 is 0 Å². The van der Waals surface area contributed by atoms with E-state index in [1.54, 1.807) is 0 Å². The Balaban J connectivity index is 0.00000161. The molecule has 0 saturated heterocycles. The number of nitrogens with zero attached hydrogens (tertiary/aromatic N) is 2. The zero-order valence-corrected chi connectivity index (χ0v) is 12.2. The van der Waals surface area contributed by atoms with Gasteiger partial charge in [-0.2, -0.15) is 0 Å².